The van der Waals surface area contributed by atoms with E-state index in [1.165, 1.54) is 23.6 Å². The zero-order valence-electron chi connectivity index (χ0n) is 17.0. The Morgan fingerprint density at radius 1 is 0.833 bits per heavy atom. The standard InChI is InChI=1S/C22H27N5O2S/c28-30(29,21-6-4-18(5-7-21)19-8-10-23-11-9-19)27-13-12-24-22(27)26-16-14-25(15-17-26)20-2-1-3-20/h4-11,20H,1-3,12-17H2. The molecule has 3 heterocycles. The van der Waals surface area contributed by atoms with Gasteiger partial charge < -0.3 is 4.90 Å². The number of hydrogen-bond acceptors (Lipinski definition) is 6. The highest BCUT2D eigenvalue weighted by atomic mass is 32.2. The first-order valence-corrected chi connectivity index (χ1v) is 12.1. The quantitative estimate of drug-likeness (QED) is 0.752. The molecule has 1 aliphatic carbocycles. The molecule has 0 spiro atoms. The van der Waals surface area contributed by atoms with Crippen LogP contribution in [0.2, 0.25) is 0 Å². The van der Waals surface area contributed by atoms with Crippen molar-refractivity contribution >= 4 is 16.0 Å². The Bertz CT molecular complexity index is 1010. The summed E-state index contributed by atoms with van der Waals surface area (Å²) < 4.78 is 28.2. The van der Waals surface area contributed by atoms with Crippen molar-refractivity contribution < 1.29 is 8.42 Å². The lowest BCUT2D eigenvalue weighted by molar-refractivity contribution is 0.0833. The van der Waals surface area contributed by atoms with E-state index >= 15 is 0 Å². The predicted octanol–water partition coefficient (Wildman–Crippen LogP) is 2.28. The van der Waals surface area contributed by atoms with Crippen LogP contribution in [0.5, 0.6) is 0 Å². The Morgan fingerprint density at radius 2 is 1.50 bits per heavy atom. The summed E-state index contributed by atoms with van der Waals surface area (Å²) in [6.45, 7) is 4.57. The van der Waals surface area contributed by atoms with Crippen molar-refractivity contribution in [3.63, 3.8) is 0 Å². The largest absolute Gasteiger partial charge is 0.339 e. The molecule has 0 amide bonds. The molecular formula is C22H27N5O2S. The first-order chi connectivity index (χ1) is 14.6. The molecule has 7 nitrogen and oxygen atoms in total. The highest BCUT2D eigenvalue weighted by molar-refractivity contribution is 7.89. The third kappa shape index (κ3) is 3.58. The van der Waals surface area contributed by atoms with E-state index in [1.807, 2.05) is 24.3 Å². The molecule has 2 aromatic rings. The van der Waals surface area contributed by atoms with Crippen molar-refractivity contribution in [3.05, 3.63) is 48.8 Å². The number of piperazine rings is 1. The molecule has 2 fully saturated rings. The molecule has 3 aliphatic rings. The predicted molar refractivity (Wildman–Crippen MR) is 117 cm³/mol. The normalized spacial score (nSPS) is 20.9. The van der Waals surface area contributed by atoms with E-state index in [0.717, 1.165) is 43.3 Å². The van der Waals surface area contributed by atoms with Gasteiger partial charge >= 0.3 is 0 Å². The van der Waals surface area contributed by atoms with E-state index in [2.05, 4.69) is 19.8 Å². The minimum Gasteiger partial charge on any atom is -0.339 e. The second-order valence-electron chi connectivity index (χ2n) is 8.13. The number of benzene rings is 1. The van der Waals surface area contributed by atoms with Crippen LogP contribution in [0.4, 0.5) is 0 Å². The lowest BCUT2D eigenvalue weighted by Gasteiger charge is -2.44. The van der Waals surface area contributed by atoms with E-state index in [-0.39, 0.29) is 0 Å². The van der Waals surface area contributed by atoms with Gasteiger partial charge in [0.05, 0.1) is 18.0 Å². The summed E-state index contributed by atoms with van der Waals surface area (Å²) in [6.07, 6.45) is 7.41. The van der Waals surface area contributed by atoms with Crippen LogP contribution in [0.1, 0.15) is 19.3 Å². The summed E-state index contributed by atoms with van der Waals surface area (Å²) in [5.41, 5.74) is 1.99. The van der Waals surface area contributed by atoms with Gasteiger partial charge in [-0.3, -0.25) is 14.9 Å². The van der Waals surface area contributed by atoms with Gasteiger partial charge in [0.15, 0.2) is 0 Å². The molecule has 1 saturated heterocycles. The molecule has 0 atom stereocenters. The lowest BCUT2D eigenvalue weighted by atomic mass is 9.91. The minimum atomic E-state index is -3.62. The van der Waals surface area contributed by atoms with Gasteiger partial charge in [-0.05, 0) is 48.2 Å². The van der Waals surface area contributed by atoms with Crippen LogP contribution in [0, 0.1) is 0 Å². The van der Waals surface area contributed by atoms with E-state index in [0.29, 0.717) is 23.9 Å². The summed E-state index contributed by atoms with van der Waals surface area (Å²) in [4.78, 5) is 13.6. The molecule has 30 heavy (non-hydrogen) atoms. The van der Waals surface area contributed by atoms with E-state index < -0.39 is 10.0 Å². The third-order valence-corrected chi connectivity index (χ3v) is 8.22. The van der Waals surface area contributed by atoms with Gasteiger partial charge in [0.25, 0.3) is 10.0 Å². The van der Waals surface area contributed by atoms with E-state index in [4.69, 9.17) is 0 Å². The van der Waals surface area contributed by atoms with Crippen molar-refractivity contribution in [2.75, 3.05) is 39.3 Å². The molecule has 0 unspecified atom stereocenters. The molecule has 0 bridgehead atoms. The number of nitrogens with zero attached hydrogens (tertiary/aromatic N) is 5. The summed E-state index contributed by atoms with van der Waals surface area (Å²) in [7, 11) is -3.62. The van der Waals surface area contributed by atoms with Crippen molar-refractivity contribution in [1.29, 1.82) is 0 Å². The Balaban J connectivity index is 1.31. The SMILES string of the molecule is O=S(=O)(c1ccc(-c2ccncc2)cc1)N1CCN=C1N1CCN(C2CCC2)CC1. The summed E-state index contributed by atoms with van der Waals surface area (Å²) in [5, 5.41) is 0. The molecule has 1 aromatic carbocycles. The number of hydrogen-bond donors (Lipinski definition) is 0. The van der Waals surface area contributed by atoms with Gasteiger partial charge in [-0.1, -0.05) is 18.6 Å². The maximum atomic E-state index is 13.4. The Kier molecular flexibility index (Phi) is 5.20. The zero-order chi connectivity index (χ0) is 20.6. The second kappa shape index (κ2) is 8.00. The number of aliphatic imine (C=N–C) groups is 1. The number of pyridine rings is 1. The fourth-order valence-electron chi connectivity index (χ4n) is 4.43. The molecule has 5 rings (SSSR count). The second-order valence-corrected chi connectivity index (χ2v) is 9.99. The Morgan fingerprint density at radius 3 is 2.13 bits per heavy atom. The number of sulfonamides is 1. The fourth-order valence-corrected chi connectivity index (χ4v) is 5.88. The van der Waals surface area contributed by atoms with Gasteiger partial charge in [0.1, 0.15) is 0 Å². The first-order valence-electron chi connectivity index (χ1n) is 10.7. The molecular weight excluding hydrogens is 398 g/mol. The topological polar surface area (TPSA) is 69.1 Å². The van der Waals surface area contributed by atoms with Crippen LogP contribution in [-0.2, 0) is 10.0 Å². The fraction of sp³-hybridized carbons (Fsp3) is 0.455. The van der Waals surface area contributed by atoms with Gasteiger partial charge in [0, 0.05) is 44.6 Å². The summed E-state index contributed by atoms with van der Waals surface area (Å²) in [5.74, 6) is 0.612. The van der Waals surface area contributed by atoms with Crippen LogP contribution in [0.25, 0.3) is 11.1 Å². The number of aromatic nitrogens is 1. The van der Waals surface area contributed by atoms with Crippen molar-refractivity contribution in [2.45, 2.75) is 30.2 Å². The van der Waals surface area contributed by atoms with Crippen molar-refractivity contribution in [2.24, 2.45) is 4.99 Å². The highest BCUT2D eigenvalue weighted by Gasteiger charge is 2.36. The molecule has 1 aromatic heterocycles. The van der Waals surface area contributed by atoms with Crippen molar-refractivity contribution in [3.8, 4) is 11.1 Å². The first kappa shape index (κ1) is 19.5. The van der Waals surface area contributed by atoms with Crippen LogP contribution in [-0.4, -0.2) is 78.8 Å². The van der Waals surface area contributed by atoms with E-state index in [1.54, 1.807) is 24.5 Å². The minimum absolute atomic E-state index is 0.308. The van der Waals surface area contributed by atoms with Gasteiger partial charge in [-0.15, -0.1) is 0 Å². The average Bonchev–Trinajstić information content (AvgIpc) is 3.25. The monoisotopic (exact) mass is 425 g/mol. The van der Waals surface area contributed by atoms with Gasteiger partial charge in [-0.25, -0.2) is 12.7 Å². The maximum Gasteiger partial charge on any atom is 0.266 e. The van der Waals surface area contributed by atoms with Crippen LogP contribution < -0.4 is 0 Å². The van der Waals surface area contributed by atoms with Crippen LogP contribution >= 0.6 is 0 Å². The number of rotatable bonds is 4. The highest BCUT2D eigenvalue weighted by Crippen LogP contribution is 2.27. The van der Waals surface area contributed by atoms with Gasteiger partial charge in [-0.2, -0.15) is 0 Å². The average molecular weight is 426 g/mol. The zero-order valence-corrected chi connectivity index (χ0v) is 17.8. The molecule has 158 valence electrons. The molecule has 0 radical (unpaired) electrons. The van der Waals surface area contributed by atoms with Crippen LogP contribution in [0.3, 0.4) is 0 Å². The van der Waals surface area contributed by atoms with Crippen molar-refractivity contribution in [1.82, 2.24) is 19.1 Å². The van der Waals surface area contributed by atoms with E-state index in [9.17, 15) is 8.42 Å². The molecule has 8 heteroatoms. The molecule has 1 saturated carbocycles. The maximum absolute atomic E-state index is 13.4. The van der Waals surface area contributed by atoms with Gasteiger partial charge in [0.2, 0.25) is 5.96 Å². The number of guanidine groups is 1. The third-order valence-electron chi connectivity index (χ3n) is 6.42. The molecule has 2 aliphatic heterocycles. The molecule has 0 N–H and O–H groups in total. The van der Waals surface area contributed by atoms with Crippen LogP contribution in [0.15, 0.2) is 58.7 Å². The lowest BCUT2D eigenvalue weighted by Crippen LogP contribution is -2.56. The summed E-state index contributed by atoms with van der Waals surface area (Å²) in [6, 6.07) is 11.6. The Labute approximate surface area is 178 Å². The smallest absolute Gasteiger partial charge is 0.266 e. The Hall–Kier alpha value is -2.45. The summed E-state index contributed by atoms with van der Waals surface area (Å²) >= 11 is 0.